The average molecular weight is 404 g/mol. The summed E-state index contributed by atoms with van der Waals surface area (Å²) in [5.41, 5.74) is 1.11. The minimum absolute atomic E-state index is 0.0221. The summed E-state index contributed by atoms with van der Waals surface area (Å²) in [6.07, 6.45) is 2.39. The summed E-state index contributed by atoms with van der Waals surface area (Å²) in [5, 5.41) is 8.13. The van der Waals surface area contributed by atoms with Crippen LogP contribution in [0.3, 0.4) is 0 Å². The third-order valence-electron chi connectivity index (χ3n) is 4.23. The Bertz CT molecular complexity index is 943. The Kier molecular flexibility index (Phi) is 4.96. The van der Waals surface area contributed by atoms with Crippen LogP contribution in [0, 0.1) is 0 Å². The van der Waals surface area contributed by atoms with Crippen LogP contribution in [0.1, 0.15) is 16.9 Å². The zero-order chi connectivity index (χ0) is 18.8. The number of benzene rings is 1. The van der Waals surface area contributed by atoms with Gasteiger partial charge in [-0.1, -0.05) is 34.4 Å². The Morgan fingerprint density at radius 1 is 1.22 bits per heavy atom. The second-order valence-electron chi connectivity index (χ2n) is 6.18. The highest BCUT2D eigenvalue weighted by Gasteiger charge is 2.28. The highest BCUT2D eigenvalue weighted by molar-refractivity contribution is 6.35. The van der Waals surface area contributed by atoms with Crippen LogP contribution in [-0.4, -0.2) is 45.1 Å². The molecule has 0 radical (unpaired) electrons. The topological polar surface area (TPSA) is 84.2 Å². The second kappa shape index (κ2) is 7.54. The number of aromatic nitrogens is 3. The molecule has 4 rings (SSSR count). The number of halogens is 2. The molecule has 1 saturated heterocycles. The minimum atomic E-state index is -0.0836. The lowest BCUT2D eigenvalue weighted by Crippen LogP contribution is -2.32. The normalized spacial score (nSPS) is 16.5. The number of nitrogens with one attached hydrogen (secondary N) is 1. The van der Waals surface area contributed by atoms with Gasteiger partial charge in [-0.05, 0) is 36.8 Å². The Morgan fingerprint density at radius 2 is 2.04 bits per heavy atom. The maximum absolute atomic E-state index is 12.5. The van der Waals surface area contributed by atoms with E-state index in [1.807, 2.05) is 0 Å². The summed E-state index contributed by atoms with van der Waals surface area (Å²) in [6.45, 7) is 1.17. The zero-order valence-electron chi connectivity index (χ0n) is 14.1. The molecule has 1 aliphatic heterocycles. The van der Waals surface area contributed by atoms with Gasteiger partial charge in [0.15, 0.2) is 0 Å². The molecule has 1 amide bonds. The van der Waals surface area contributed by atoms with Crippen molar-refractivity contribution < 1.29 is 9.32 Å². The first-order valence-corrected chi connectivity index (χ1v) is 9.11. The largest absolute Gasteiger partial charge is 0.335 e. The highest BCUT2D eigenvalue weighted by atomic mass is 35.5. The van der Waals surface area contributed by atoms with E-state index in [0.717, 1.165) is 6.42 Å². The molecule has 3 aromatic rings. The predicted molar refractivity (Wildman–Crippen MR) is 102 cm³/mol. The number of hydrogen-bond acceptors (Lipinski definition) is 6. The molecule has 1 aliphatic rings. The Labute approximate surface area is 165 Å². The van der Waals surface area contributed by atoms with E-state index in [0.29, 0.717) is 46.2 Å². The van der Waals surface area contributed by atoms with Gasteiger partial charge < -0.3 is 14.7 Å². The number of rotatable bonds is 4. The molecule has 0 aliphatic carbocycles. The quantitative estimate of drug-likeness (QED) is 0.713. The van der Waals surface area contributed by atoms with E-state index < -0.39 is 0 Å². The van der Waals surface area contributed by atoms with Gasteiger partial charge in [-0.3, -0.25) is 9.78 Å². The van der Waals surface area contributed by atoms with Crippen LogP contribution in [0.4, 0.5) is 6.01 Å². The molecule has 2 aromatic heterocycles. The second-order valence-corrected chi connectivity index (χ2v) is 7.05. The van der Waals surface area contributed by atoms with Crippen LogP contribution < -0.4 is 5.32 Å². The molecule has 138 valence electrons. The molecule has 1 unspecified atom stereocenters. The maximum atomic E-state index is 12.5. The molecule has 9 heteroatoms. The molecule has 7 nitrogen and oxygen atoms in total. The zero-order valence-corrected chi connectivity index (χ0v) is 15.6. The molecule has 0 spiro atoms. The maximum Gasteiger partial charge on any atom is 0.322 e. The van der Waals surface area contributed by atoms with Gasteiger partial charge in [0.2, 0.25) is 5.82 Å². The van der Waals surface area contributed by atoms with E-state index in [1.54, 1.807) is 47.5 Å². The van der Waals surface area contributed by atoms with Crippen molar-refractivity contribution in [2.45, 2.75) is 12.5 Å². The number of anilines is 1. The van der Waals surface area contributed by atoms with Gasteiger partial charge in [0.1, 0.15) is 5.69 Å². The van der Waals surface area contributed by atoms with Gasteiger partial charge in [0.05, 0.1) is 0 Å². The summed E-state index contributed by atoms with van der Waals surface area (Å²) in [6, 6.07) is 10.7. The first-order valence-electron chi connectivity index (χ1n) is 8.35. The number of amides is 1. The van der Waals surface area contributed by atoms with Crippen molar-refractivity contribution in [1.82, 2.24) is 20.0 Å². The molecule has 1 fully saturated rings. The van der Waals surface area contributed by atoms with Crippen molar-refractivity contribution in [2.24, 2.45) is 0 Å². The number of hydrogen-bond donors (Lipinski definition) is 1. The van der Waals surface area contributed by atoms with E-state index in [4.69, 9.17) is 27.7 Å². The van der Waals surface area contributed by atoms with Crippen molar-refractivity contribution in [3.8, 4) is 11.4 Å². The molecule has 27 heavy (non-hydrogen) atoms. The summed E-state index contributed by atoms with van der Waals surface area (Å²) in [7, 11) is 0. The third kappa shape index (κ3) is 4.04. The summed E-state index contributed by atoms with van der Waals surface area (Å²) >= 11 is 12.0. The smallest absolute Gasteiger partial charge is 0.322 e. The average Bonchev–Trinajstić information content (AvgIpc) is 3.31. The number of nitrogens with zero attached hydrogens (tertiary/aromatic N) is 4. The molecule has 1 N–H and O–H groups in total. The molecular weight excluding hydrogens is 389 g/mol. The fourth-order valence-electron chi connectivity index (χ4n) is 2.97. The van der Waals surface area contributed by atoms with Gasteiger partial charge in [0, 0.05) is 40.9 Å². The lowest BCUT2D eigenvalue weighted by molar-refractivity contribution is 0.0785. The SMILES string of the molecule is O=C(c1ccccn1)N1CCC(Nc2nc(-c3cc(Cl)cc(Cl)c3)no2)C1. The molecule has 1 atom stereocenters. The lowest BCUT2D eigenvalue weighted by Gasteiger charge is -2.15. The first kappa shape index (κ1) is 17.8. The van der Waals surface area contributed by atoms with Crippen LogP contribution >= 0.6 is 23.2 Å². The summed E-state index contributed by atoms with van der Waals surface area (Å²) < 4.78 is 5.27. The van der Waals surface area contributed by atoms with Crippen molar-refractivity contribution in [1.29, 1.82) is 0 Å². The van der Waals surface area contributed by atoms with Gasteiger partial charge in [-0.15, -0.1) is 0 Å². The van der Waals surface area contributed by atoms with Crippen molar-refractivity contribution >= 4 is 35.1 Å². The lowest BCUT2D eigenvalue weighted by atomic mass is 10.2. The van der Waals surface area contributed by atoms with Crippen LogP contribution in [0.25, 0.3) is 11.4 Å². The molecule has 1 aromatic carbocycles. The van der Waals surface area contributed by atoms with Crippen LogP contribution in [0.2, 0.25) is 10.0 Å². The highest BCUT2D eigenvalue weighted by Crippen LogP contribution is 2.26. The van der Waals surface area contributed by atoms with Gasteiger partial charge in [-0.2, -0.15) is 4.98 Å². The van der Waals surface area contributed by atoms with Gasteiger partial charge in [-0.25, -0.2) is 0 Å². The minimum Gasteiger partial charge on any atom is -0.335 e. The number of carbonyl (C=O) groups excluding carboxylic acids is 1. The number of likely N-dealkylation sites (tertiary alicyclic amines) is 1. The molecular formula is C18H15Cl2N5O2. The standard InChI is InChI=1S/C18H15Cl2N5O2/c19-12-7-11(8-13(20)9-12)16-23-18(27-24-16)22-14-4-6-25(10-14)17(26)15-3-1-2-5-21-15/h1-3,5,7-9,14H,4,6,10H2,(H,22,23,24). The van der Waals surface area contributed by atoms with Gasteiger partial charge in [0.25, 0.3) is 5.91 Å². The third-order valence-corrected chi connectivity index (χ3v) is 4.67. The fraction of sp³-hybridized carbons (Fsp3) is 0.222. The van der Waals surface area contributed by atoms with Gasteiger partial charge >= 0.3 is 6.01 Å². The van der Waals surface area contributed by atoms with Crippen molar-refractivity contribution in [3.05, 3.63) is 58.3 Å². The fourth-order valence-corrected chi connectivity index (χ4v) is 3.50. The summed E-state index contributed by atoms with van der Waals surface area (Å²) in [4.78, 5) is 22.7. The van der Waals surface area contributed by atoms with Crippen molar-refractivity contribution in [3.63, 3.8) is 0 Å². The van der Waals surface area contributed by atoms with Crippen molar-refractivity contribution in [2.75, 3.05) is 18.4 Å². The van der Waals surface area contributed by atoms with E-state index in [2.05, 4.69) is 20.4 Å². The first-order chi connectivity index (χ1) is 13.1. The Hall–Kier alpha value is -2.64. The Morgan fingerprint density at radius 3 is 2.78 bits per heavy atom. The molecule has 0 saturated carbocycles. The summed E-state index contributed by atoms with van der Waals surface area (Å²) in [5.74, 6) is 0.306. The number of carbonyl (C=O) groups is 1. The van der Waals surface area contributed by atoms with E-state index >= 15 is 0 Å². The van der Waals surface area contributed by atoms with Crippen LogP contribution in [0.5, 0.6) is 0 Å². The van der Waals surface area contributed by atoms with E-state index in [9.17, 15) is 4.79 Å². The van der Waals surface area contributed by atoms with Crippen LogP contribution in [0.15, 0.2) is 47.1 Å². The van der Waals surface area contributed by atoms with E-state index in [1.165, 1.54) is 0 Å². The molecule has 0 bridgehead atoms. The monoisotopic (exact) mass is 403 g/mol. The van der Waals surface area contributed by atoms with E-state index in [-0.39, 0.29) is 11.9 Å². The Balaban J connectivity index is 1.41. The van der Waals surface area contributed by atoms with Crippen LogP contribution in [-0.2, 0) is 0 Å². The molecule has 3 heterocycles. The number of pyridine rings is 1. The predicted octanol–water partition coefficient (Wildman–Crippen LogP) is 3.77.